The normalized spacial score (nSPS) is 16.3. The third-order valence-corrected chi connectivity index (χ3v) is 7.03. The van der Waals surface area contributed by atoms with Gasteiger partial charge in [-0.2, -0.15) is 0 Å². The molecule has 1 saturated heterocycles. The number of benzene rings is 1. The number of halogens is 2. The smallest absolute Gasteiger partial charge is 0.252 e. The van der Waals surface area contributed by atoms with Crippen LogP contribution in [0.2, 0.25) is 0 Å². The molecule has 8 nitrogen and oxygen atoms in total. The Kier molecular flexibility index (Phi) is 8.71. The predicted molar refractivity (Wildman–Crippen MR) is 147 cm³/mol. The second-order valence-corrected chi connectivity index (χ2v) is 9.95. The fraction of sp³-hybridized carbons (Fsp3) is 0.500. The van der Waals surface area contributed by atoms with Gasteiger partial charge in [-0.05, 0) is 37.6 Å². The molecule has 1 aromatic carbocycles. The summed E-state index contributed by atoms with van der Waals surface area (Å²) >= 11 is 0. The Bertz CT molecular complexity index is 1230. The van der Waals surface area contributed by atoms with E-state index >= 15 is 0 Å². The molecule has 0 bridgehead atoms. The molecule has 1 fully saturated rings. The lowest BCUT2D eigenvalue weighted by molar-refractivity contribution is -0.0632. The van der Waals surface area contributed by atoms with Gasteiger partial charge in [0.2, 0.25) is 5.95 Å². The highest BCUT2D eigenvalue weighted by Gasteiger charge is 2.37. The molecule has 1 aliphatic rings. The zero-order valence-electron chi connectivity index (χ0n) is 22.6. The lowest BCUT2D eigenvalue weighted by atomic mass is 10.0. The van der Waals surface area contributed by atoms with Crippen molar-refractivity contribution in [1.82, 2.24) is 25.2 Å². The second-order valence-electron chi connectivity index (χ2n) is 9.95. The Hall–Kier alpha value is -3.40. The van der Waals surface area contributed by atoms with E-state index < -0.39 is 5.92 Å². The highest BCUT2D eigenvalue weighted by Crippen LogP contribution is 2.32. The van der Waals surface area contributed by atoms with Gasteiger partial charge in [0.25, 0.3) is 11.8 Å². The highest BCUT2D eigenvalue weighted by molar-refractivity contribution is 6.06. The fourth-order valence-electron chi connectivity index (χ4n) is 4.86. The Morgan fingerprint density at radius 1 is 1.11 bits per heavy atom. The van der Waals surface area contributed by atoms with Gasteiger partial charge in [0.15, 0.2) is 0 Å². The third-order valence-electron chi connectivity index (χ3n) is 7.03. The van der Waals surface area contributed by atoms with Gasteiger partial charge in [-0.1, -0.05) is 13.0 Å². The Balaban J connectivity index is 1.55. The molecule has 2 aromatic heterocycles. The maximum atomic E-state index is 13.9. The Morgan fingerprint density at radius 3 is 2.45 bits per heavy atom. The van der Waals surface area contributed by atoms with Crippen LogP contribution in [0.15, 0.2) is 42.7 Å². The van der Waals surface area contributed by atoms with E-state index in [0.29, 0.717) is 11.5 Å². The van der Waals surface area contributed by atoms with Crippen molar-refractivity contribution in [2.24, 2.45) is 0 Å². The van der Waals surface area contributed by atoms with E-state index in [-0.39, 0.29) is 44.4 Å². The molecule has 0 saturated carbocycles. The van der Waals surface area contributed by atoms with Crippen LogP contribution in [-0.2, 0) is 0 Å². The van der Waals surface area contributed by atoms with Crippen molar-refractivity contribution in [2.45, 2.75) is 45.1 Å². The minimum atomic E-state index is -2.66. The number of piperidine rings is 1. The molecule has 3 heterocycles. The van der Waals surface area contributed by atoms with Crippen LogP contribution < -0.4 is 15.1 Å². The van der Waals surface area contributed by atoms with Crippen LogP contribution in [-0.4, -0.2) is 78.5 Å². The first-order valence-corrected chi connectivity index (χ1v) is 13.3. The number of hydrogen-bond acceptors (Lipinski definition) is 7. The number of alkyl halides is 2. The number of anilines is 2. The zero-order valence-corrected chi connectivity index (χ0v) is 22.6. The summed E-state index contributed by atoms with van der Waals surface area (Å²) in [5, 5.41) is 3.81. The molecule has 3 aromatic rings. The summed E-state index contributed by atoms with van der Waals surface area (Å²) in [5.41, 5.74) is 2.07. The predicted octanol–water partition coefficient (Wildman–Crippen LogP) is 4.53. The van der Waals surface area contributed by atoms with Crippen LogP contribution in [0.5, 0.6) is 0 Å². The number of pyridine rings is 1. The van der Waals surface area contributed by atoms with Crippen molar-refractivity contribution in [3.8, 4) is 0 Å². The van der Waals surface area contributed by atoms with Crippen molar-refractivity contribution < 1.29 is 13.6 Å². The van der Waals surface area contributed by atoms with Crippen molar-refractivity contribution >= 4 is 28.6 Å². The molecule has 38 heavy (non-hydrogen) atoms. The van der Waals surface area contributed by atoms with E-state index in [4.69, 9.17) is 4.98 Å². The van der Waals surface area contributed by atoms with Crippen LogP contribution in [0.25, 0.3) is 10.9 Å². The van der Waals surface area contributed by atoms with Gasteiger partial charge in [-0.25, -0.2) is 23.7 Å². The van der Waals surface area contributed by atoms with Crippen molar-refractivity contribution in [3.05, 3.63) is 53.9 Å². The van der Waals surface area contributed by atoms with Gasteiger partial charge in [-0.15, -0.1) is 0 Å². The molecular weight excluding hydrogens is 488 g/mol. The minimum Gasteiger partial charge on any atom is -0.357 e. The maximum absolute atomic E-state index is 13.9. The molecule has 1 amide bonds. The Morgan fingerprint density at radius 2 is 1.82 bits per heavy atom. The molecule has 10 heteroatoms. The molecule has 0 radical (unpaired) electrons. The number of nitrogens with zero attached hydrogens (tertiary/aromatic N) is 6. The van der Waals surface area contributed by atoms with Gasteiger partial charge >= 0.3 is 0 Å². The molecule has 1 N–H and O–H groups in total. The summed E-state index contributed by atoms with van der Waals surface area (Å²) in [7, 11) is 3.70. The minimum absolute atomic E-state index is 0.210. The number of hydrogen-bond donors (Lipinski definition) is 1. The molecule has 204 valence electrons. The number of nitrogens with one attached hydrogen (secondary N) is 1. The summed E-state index contributed by atoms with van der Waals surface area (Å²) in [6, 6.07) is 9.12. The zero-order chi connectivity index (χ0) is 27.3. The van der Waals surface area contributed by atoms with E-state index in [2.05, 4.69) is 34.0 Å². The summed E-state index contributed by atoms with van der Waals surface area (Å²) in [6.07, 6.45) is 4.03. The molecular formula is C28H37F2N7O. The molecule has 1 unspecified atom stereocenters. The standard InChI is InChI=1S/C28H37F2N7O/c1-5-14-36(6-2)25-11-10-21-22(8-7-9-23(21)34-25)26(38)31-19-24(37-15-12-28(29,30)13-16-37)20-17-32-27(33-18-20)35(3)4/h7-11,17-18,24H,5-6,12-16,19H2,1-4H3,(H,31,38). The molecule has 1 aliphatic heterocycles. The summed E-state index contributed by atoms with van der Waals surface area (Å²) < 4.78 is 27.8. The molecule has 0 aliphatic carbocycles. The lowest BCUT2D eigenvalue weighted by Crippen LogP contribution is -2.45. The van der Waals surface area contributed by atoms with Gasteiger partial charge in [-0.3, -0.25) is 9.69 Å². The van der Waals surface area contributed by atoms with Crippen molar-refractivity contribution in [3.63, 3.8) is 0 Å². The highest BCUT2D eigenvalue weighted by atomic mass is 19.3. The quantitative estimate of drug-likeness (QED) is 0.417. The summed E-state index contributed by atoms with van der Waals surface area (Å²) in [6.45, 7) is 6.72. The fourth-order valence-corrected chi connectivity index (χ4v) is 4.86. The van der Waals surface area contributed by atoms with Crippen molar-refractivity contribution in [2.75, 3.05) is 56.6 Å². The lowest BCUT2D eigenvalue weighted by Gasteiger charge is -2.37. The number of amides is 1. The number of likely N-dealkylation sites (tertiary alicyclic amines) is 1. The first kappa shape index (κ1) is 27.6. The number of fused-ring (bicyclic) bond motifs is 1. The van der Waals surface area contributed by atoms with Gasteiger partial charge in [0.1, 0.15) is 5.82 Å². The van der Waals surface area contributed by atoms with Crippen LogP contribution in [0.3, 0.4) is 0 Å². The topological polar surface area (TPSA) is 77.5 Å². The van der Waals surface area contributed by atoms with Crippen LogP contribution in [0.1, 0.15) is 55.1 Å². The average Bonchev–Trinajstić information content (AvgIpc) is 2.92. The van der Waals surface area contributed by atoms with Gasteiger partial charge in [0, 0.05) is 88.6 Å². The van der Waals surface area contributed by atoms with E-state index in [1.807, 2.05) is 43.3 Å². The number of carbonyl (C=O) groups is 1. The second kappa shape index (κ2) is 12.0. The van der Waals surface area contributed by atoms with E-state index in [0.717, 1.165) is 41.8 Å². The largest absolute Gasteiger partial charge is 0.357 e. The van der Waals surface area contributed by atoms with E-state index in [1.165, 1.54) is 0 Å². The summed E-state index contributed by atoms with van der Waals surface area (Å²) in [4.78, 5) is 33.0. The molecule has 1 atom stereocenters. The molecule has 4 rings (SSSR count). The van der Waals surface area contributed by atoms with Crippen LogP contribution in [0.4, 0.5) is 20.5 Å². The number of rotatable bonds is 10. The van der Waals surface area contributed by atoms with E-state index in [9.17, 15) is 13.6 Å². The monoisotopic (exact) mass is 525 g/mol. The Labute approximate surface area is 223 Å². The number of carbonyl (C=O) groups excluding carboxylic acids is 1. The first-order valence-electron chi connectivity index (χ1n) is 13.3. The first-order chi connectivity index (χ1) is 18.2. The van der Waals surface area contributed by atoms with Crippen LogP contribution >= 0.6 is 0 Å². The average molecular weight is 526 g/mol. The van der Waals surface area contributed by atoms with Gasteiger partial charge < -0.3 is 15.1 Å². The van der Waals surface area contributed by atoms with Gasteiger partial charge in [0.05, 0.1) is 11.6 Å². The number of aromatic nitrogens is 3. The maximum Gasteiger partial charge on any atom is 0.252 e. The third kappa shape index (κ3) is 6.35. The molecule has 0 spiro atoms. The van der Waals surface area contributed by atoms with Crippen LogP contribution in [0, 0.1) is 0 Å². The van der Waals surface area contributed by atoms with Crippen molar-refractivity contribution in [1.29, 1.82) is 0 Å². The summed E-state index contributed by atoms with van der Waals surface area (Å²) in [5.74, 6) is -1.44. The SMILES string of the molecule is CCCN(CC)c1ccc2c(C(=O)NCC(c3cnc(N(C)C)nc3)N3CCC(F)(F)CC3)cccc2n1. The van der Waals surface area contributed by atoms with E-state index in [1.54, 1.807) is 23.4 Å².